The molecule has 0 atom stereocenters. The van der Waals surface area contributed by atoms with Crippen molar-refractivity contribution in [2.24, 2.45) is 0 Å². The third-order valence-electron chi connectivity index (χ3n) is 12.4. The van der Waals surface area contributed by atoms with Crippen LogP contribution >= 0.6 is 0 Å². The van der Waals surface area contributed by atoms with Gasteiger partial charge in [-0.15, -0.1) is 0 Å². The van der Waals surface area contributed by atoms with Crippen LogP contribution in [0.2, 0.25) is 0 Å². The lowest BCUT2D eigenvalue weighted by Gasteiger charge is -2.34. The number of fused-ring (bicyclic) bond motifs is 4. The summed E-state index contributed by atoms with van der Waals surface area (Å²) in [6.07, 6.45) is 0. The molecule has 0 fully saturated rings. The first-order valence-electron chi connectivity index (χ1n) is 20.8. The van der Waals surface area contributed by atoms with Crippen molar-refractivity contribution in [2.75, 3.05) is 4.90 Å². The number of benzene rings is 10. The summed E-state index contributed by atoms with van der Waals surface area (Å²) >= 11 is 0. The standard InChI is InChI=1S/C59H41N/c1-4-16-42(17-5-1)43-30-32-44(33-31-43)45-34-38-50(39-35-45)60(57-29-14-19-46-18-10-11-24-52(46)57)51-40-36-47(37-41-51)53-26-15-28-56-58(53)54-25-12-13-27-55(54)59(56,48-20-6-2-7-21-48)49-22-8-3-9-23-49/h1-41H. The van der Waals surface area contributed by atoms with E-state index in [1.807, 2.05) is 0 Å². The zero-order valence-electron chi connectivity index (χ0n) is 33.1. The van der Waals surface area contributed by atoms with Crippen LogP contribution < -0.4 is 4.90 Å². The van der Waals surface area contributed by atoms with E-state index in [1.54, 1.807) is 0 Å². The first-order valence-corrected chi connectivity index (χ1v) is 20.8. The van der Waals surface area contributed by atoms with Crippen LogP contribution in [0.1, 0.15) is 22.3 Å². The second kappa shape index (κ2) is 14.9. The lowest BCUT2D eigenvalue weighted by molar-refractivity contribution is 0.768. The largest absolute Gasteiger partial charge is 0.310 e. The SMILES string of the molecule is c1ccc(-c2ccc(-c3ccc(N(c4ccc(-c5cccc6c5-c5ccccc5C6(c5ccccc5)c5ccccc5)cc4)c4cccc5ccccc45)cc3)cc2)cc1. The molecule has 0 saturated heterocycles. The highest BCUT2D eigenvalue weighted by molar-refractivity contribution is 6.00. The Kier molecular flexibility index (Phi) is 8.79. The second-order valence-corrected chi connectivity index (χ2v) is 15.6. The molecule has 0 radical (unpaired) electrons. The van der Waals surface area contributed by atoms with E-state index in [0.717, 1.165) is 17.1 Å². The van der Waals surface area contributed by atoms with Gasteiger partial charge in [0.1, 0.15) is 0 Å². The summed E-state index contributed by atoms with van der Waals surface area (Å²) in [5, 5.41) is 2.42. The third kappa shape index (κ3) is 5.86. The van der Waals surface area contributed by atoms with Gasteiger partial charge in [0.15, 0.2) is 0 Å². The molecule has 1 aliphatic carbocycles. The van der Waals surface area contributed by atoms with Crippen LogP contribution in [0.15, 0.2) is 249 Å². The van der Waals surface area contributed by atoms with Gasteiger partial charge in [0.25, 0.3) is 0 Å². The summed E-state index contributed by atoms with van der Waals surface area (Å²) in [6, 6.07) is 90.8. The third-order valence-corrected chi connectivity index (χ3v) is 12.4. The Morgan fingerprint density at radius 3 is 1.35 bits per heavy atom. The molecule has 0 bridgehead atoms. The van der Waals surface area contributed by atoms with E-state index >= 15 is 0 Å². The van der Waals surface area contributed by atoms with Crippen molar-refractivity contribution in [2.45, 2.75) is 5.41 Å². The zero-order valence-corrected chi connectivity index (χ0v) is 33.1. The molecule has 60 heavy (non-hydrogen) atoms. The number of hydrogen-bond acceptors (Lipinski definition) is 1. The van der Waals surface area contributed by atoms with Gasteiger partial charge in [-0.05, 0) is 102 Å². The van der Waals surface area contributed by atoms with Gasteiger partial charge in [-0.3, -0.25) is 0 Å². The highest BCUT2D eigenvalue weighted by Crippen LogP contribution is 2.58. The van der Waals surface area contributed by atoms with Gasteiger partial charge in [-0.25, -0.2) is 0 Å². The molecule has 0 N–H and O–H groups in total. The molecule has 1 heteroatoms. The Hall–Kier alpha value is -7.74. The zero-order chi connectivity index (χ0) is 39.9. The number of hydrogen-bond donors (Lipinski definition) is 0. The average Bonchev–Trinajstić information content (AvgIpc) is 3.64. The molecule has 1 nitrogen and oxygen atoms in total. The van der Waals surface area contributed by atoms with Crippen molar-refractivity contribution >= 4 is 27.8 Å². The van der Waals surface area contributed by atoms with E-state index in [0.29, 0.717) is 0 Å². The van der Waals surface area contributed by atoms with E-state index in [-0.39, 0.29) is 0 Å². The van der Waals surface area contributed by atoms with Crippen LogP contribution in [0, 0.1) is 0 Å². The van der Waals surface area contributed by atoms with Crippen LogP contribution in [-0.2, 0) is 5.41 Å². The van der Waals surface area contributed by atoms with Gasteiger partial charge < -0.3 is 4.90 Å². The van der Waals surface area contributed by atoms with E-state index < -0.39 is 5.41 Å². The Morgan fingerprint density at radius 1 is 0.283 bits per heavy atom. The average molecular weight is 764 g/mol. The van der Waals surface area contributed by atoms with E-state index in [9.17, 15) is 0 Å². The molecule has 0 spiro atoms. The van der Waals surface area contributed by atoms with Crippen molar-refractivity contribution in [1.82, 2.24) is 0 Å². The predicted octanol–water partition coefficient (Wildman–Crippen LogP) is 15.7. The molecule has 282 valence electrons. The Labute approximate surface area is 352 Å². The molecular formula is C59H41N. The summed E-state index contributed by atoms with van der Waals surface area (Å²) in [5.74, 6) is 0. The minimum atomic E-state index is -0.439. The van der Waals surface area contributed by atoms with Crippen LogP contribution in [-0.4, -0.2) is 0 Å². The summed E-state index contributed by atoms with van der Waals surface area (Å²) in [5.41, 5.74) is 17.9. The Balaban J connectivity index is 1.02. The predicted molar refractivity (Wildman–Crippen MR) is 252 cm³/mol. The fourth-order valence-corrected chi connectivity index (χ4v) is 9.64. The maximum Gasteiger partial charge on any atom is 0.0713 e. The lowest BCUT2D eigenvalue weighted by Crippen LogP contribution is -2.28. The van der Waals surface area contributed by atoms with Gasteiger partial charge in [0.2, 0.25) is 0 Å². The van der Waals surface area contributed by atoms with Crippen molar-refractivity contribution in [3.63, 3.8) is 0 Å². The van der Waals surface area contributed by atoms with Crippen molar-refractivity contribution in [1.29, 1.82) is 0 Å². The highest BCUT2D eigenvalue weighted by Gasteiger charge is 2.46. The second-order valence-electron chi connectivity index (χ2n) is 15.6. The van der Waals surface area contributed by atoms with E-state index in [4.69, 9.17) is 0 Å². The molecule has 0 heterocycles. The van der Waals surface area contributed by atoms with Crippen molar-refractivity contribution < 1.29 is 0 Å². The van der Waals surface area contributed by atoms with Crippen LogP contribution in [0.5, 0.6) is 0 Å². The fourth-order valence-electron chi connectivity index (χ4n) is 9.64. The minimum absolute atomic E-state index is 0.439. The summed E-state index contributed by atoms with van der Waals surface area (Å²) in [4.78, 5) is 2.40. The fraction of sp³-hybridized carbons (Fsp3) is 0.0169. The molecule has 10 aromatic carbocycles. The lowest BCUT2D eigenvalue weighted by atomic mass is 9.67. The number of rotatable bonds is 8. The molecule has 0 aliphatic heterocycles. The van der Waals surface area contributed by atoms with E-state index in [1.165, 1.54) is 77.5 Å². The molecule has 0 aromatic heterocycles. The van der Waals surface area contributed by atoms with Crippen LogP contribution in [0.3, 0.4) is 0 Å². The van der Waals surface area contributed by atoms with Crippen LogP contribution in [0.4, 0.5) is 17.1 Å². The highest BCUT2D eigenvalue weighted by atomic mass is 15.1. The number of anilines is 3. The van der Waals surface area contributed by atoms with Gasteiger partial charge >= 0.3 is 0 Å². The topological polar surface area (TPSA) is 3.24 Å². The molecule has 10 aromatic rings. The quantitative estimate of drug-likeness (QED) is 0.149. The van der Waals surface area contributed by atoms with Gasteiger partial charge in [0.05, 0.1) is 11.1 Å². The molecule has 1 aliphatic rings. The molecule has 0 amide bonds. The maximum absolute atomic E-state index is 2.40. The monoisotopic (exact) mass is 763 g/mol. The molecule has 11 rings (SSSR count). The summed E-state index contributed by atoms with van der Waals surface area (Å²) in [6.45, 7) is 0. The number of nitrogens with zero attached hydrogens (tertiary/aromatic N) is 1. The molecule has 0 saturated carbocycles. The van der Waals surface area contributed by atoms with Crippen LogP contribution in [0.25, 0.3) is 55.3 Å². The Morgan fingerprint density at radius 2 is 0.717 bits per heavy atom. The minimum Gasteiger partial charge on any atom is -0.310 e. The van der Waals surface area contributed by atoms with E-state index in [2.05, 4.69) is 254 Å². The normalized spacial score (nSPS) is 12.5. The Bertz CT molecular complexity index is 3050. The summed E-state index contributed by atoms with van der Waals surface area (Å²) < 4.78 is 0. The van der Waals surface area contributed by atoms with Gasteiger partial charge in [0, 0.05) is 16.8 Å². The first-order chi connectivity index (χ1) is 29.8. The van der Waals surface area contributed by atoms with Gasteiger partial charge in [-0.2, -0.15) is 0 Å². The van der Waals surface area contributed by atoms with Crippen molar-refractivity contribution in [3.05, 3.63) is 271 Å². The first kappa shape index (κ1) is 35.4. The molecule has 0 unspecified atom stereocenters. The molecular weight excluding hydrogens is 723 g/mol. The van der Waals surface area contributed by atoms with Crippen molar-refractivity contribution in [3.8, 4) is 44.5 Å². The smallest absolute Gasteiger partial charge is 0.0713 e. The summed E-state index contributed by atoms with van der Waals surface area (Å²) in [7, 11) is 0. The maximum atomic E-state index is 2.40. The van der Waals surface area contributed by atoms with Gasteiger partial charge in [-0.1, -0.05) is 218 Å².